The van der Waals surface area contributed by atoms with E-state index in [4.69, 9.17) is 20.5 Å². The number of halogens is 1. The first-order chi connectivity index (χ1) is 13.8. The van der Waals surface area contributed by atoms with Crippen LogP contribution in [0.5, 0.6) is 0 Å². The molecular weight excluding hydrogens is 418 g/mol. The molecule has 0 aromatic heterocycles. The van der Waals surface area contributed by atoms with Crippen LogP contribution >= 0.6 is 23.6 Å². The first kappa shape index (κ1) is 23.9. The van der Waals surface area contributed by atoms with Gasteiger partial charge in [0.25, 0.3) is 10.9 Å². The van der Waals surface area contributed by atoms with Crippen molar-refractivity contribution >= 4 is 34.9 Å². The molecule has 0 N–H and O–H groups in total. The van der Waals surface area contributed by atoms with E-state index in [2.05, 4.69) is 0 Å². The molecule has 0 heterocycles. The first-order valence-electron chi connectivity index (χ1n) is 10.1. The van der Waals surface area contributed by atoms with Gasteiger partial charge in [0.2, 0.25) is 4.75 Å². The van der Waals surface area contributed by atoms with Crippen molar-refractivity contribution in [1.29, 1.82) is 0 Å². The number of rotatable bonds is 9. The largest absolute Gasteiger partial charge is 0.389 e. The van der Waals surface area contributed by atoms with E-state index in [0.717, 1.165) is 19.3 Å². The number of nitro groups is 1. The minimum atomic E-state index is -1.96. The average molecular weight is 446 g/mol. The van der Waals surface area contributed by atoms with Gasteiger partial charge in [-0.1, -0.05) is 39.2 Å². The highest BCUT2D eigenvalue weighted by molar-refractivity contribution is 7.97. The molecule has 29 heavy (non-hydrogen) atoms. The summed E-state index contributed by atoms with van der Waals surface area (Å²) in [5.74, 6) is -0.733. The third-order valence-corrected chi connectivity index (χ3v) is 7.04. The zero-order valence-corrected chi connectivity index (χ0v) is 18.6. The van der Waals surface area contributed by atoms with Crippen LogP contribution in [0.25, 0.3) is 0 Å². The molecule has 7 nitrogen and oxygen atoms in total. The Bertz CT molecular complexity index is 699. The monoisotopic (exact) mass is 445 g/mol. The third kappa shape index (κ3) is 5.41. The molecule has 1 saturated carbocycles. The van der Waals surface area contributed by atoms with Gasteiger partial charge in [-0.05, 0) is 49.8 Å². The van der Waals surface area contributed by atoms with Crippen molar-refractivity contribution in [2.75, 3.05) is 0 Å². The van der Waals surface area contributed by atoms with Gasteiger partial charge < -0.3 is 8.92 Å². The minimum absolute atomic E-state index is 0.222. The summed E-state index contributed by atoms with van der Waals surface area (Å²) in [6.07, 6.45) is 7.38. The van der Waals surface area contributed by atoms with Crippen LogP contribution in [0.1, 0.15) is 65.7 Å². The maximum absolute atomic E-state index is 12.6. The standard InChI is InChI=1S/C20H28ClNO6S/c1-4-15(5-2)27-17-12-13(3)11-16(22(25)26)20(17,19(21)24)29-28-18(23)14-9-7-6-8-10-14/h11-12,14-15,17H,4-10H2,1-3H3. The van der Waals surface area contributed by atoms with Crippen molar-refractivity contribution < 1.29 is 23.4 Å². The smallest absolute Gasteiger partial charge is 0.321 e. The molecule has 0 aliphatic heterocycles. The fraction of sp³-hybridized carbons (Fsp3) is 0.700. The lowest BCUT2D eigenvalue weighted by molar-refractivity contribution is -0.431. The number of hydrogen-bond donors (Lipinski definition) is 0. The molecule has 0 aromatic rings. The van der Waals surface area contributed by atoms with Crippen molar-refractivity contribution in [3.63, 3.8) is 0 Å². The summed E-state index contributed by atoms with van der Waals surface area (Å²) in [5, 5.41) is 10.8. The van der Waals surface area contributed by atoms with E-state index in [1.807, 2.05) is 13.8 Å². The highest BCUT2D eigenvalue weighted by atomic mass is 35.5. The van der Waals surface area contributed by atoms with Crippen LogP contribution in [0, 0.1) is 16.0 Å². The zero-order chi connectivity index (χ0) is 21.6. The SMILES string of the molecule is CCC(CC)OC1C=C(C)C=C([N+](=O)[O-])C1(SOC(=O)C1CCCCC1)C(=O)Cl. The third-order valence-electron chi connectivity index (χ3n) is 5.49. The molecule has 0 saturated heterocycles. The molecule has 9 heteroatoms. The number of hydrogen-bond acceptors (Lipinski definition) is 7. The molecule has 2 rings (SSSR count). The predicted octanol–water partition coefficient (Wildman–Crippen LogP) is 4.96. The van der Waals surface area contributed by atoms with E-state index in [9.17, 15) is 19.7 Å². The lowest BCUT2D eigenvalue weighted by Crippen LogP contribution is -2.51. The lowest BCUT2D eigenvalue weighted by Gasteiger charge is -2.36. The van der Waals surface area contributed by atoms with Gasteiger partial charge in [-0.25, -0.2) is 0 Å². The highest BCUT2D eigenvalue weighted by Crippen LogP contribution is 2.46. The van der Waals surface area contributed by atoms with Crippen LogP contribution in [0.4, 0.5) is 0 Å². The fourth-order valence-corrected chi connectivity index (χ4v) is 4.88. The fourth-order valence-electron chi connectivity index (χ4n) is 3.73. The van der Waals surface area contributed by atoms with E-state index in [1.54, 1.807) is 13.0 Å². The van der Waals surface area contributed by atoms with Gasteiger partial charge in [-0.2, -0.15) is 0 Å². The Kier molecular flexibility index (Phi) is 8.73. The first-order valence-corrected chi connectivity index (χ1v) is 11.2. The molecule has 1 fully saturated rings. The van der Waals surface area contributed by atoms with Gasteiger partial charge in [0.05, 0.1) is 29.0 Å². The molecule has 0 aromatic carbocycles. The van der Waals surface area contributed by atoms with Gasteiger partial charge in [-0.15, -0.1) is 0 Å². The van der Waals surface area contributed by atoms with Gasteiger partial charge in [0, 0.05) is 6.08 Å². The van der Waals surface area contributed by atoms with Gasteiger partial charge in [-0.3, -0.25) is 19.7 Å². The van der Waals surface area contributed by atoms with Crippen LogP contribution in [0.3, 0.4) is 0 Å². The van der Waals surface area contributed by atoms with Crippen LogP contribution in [0.15, 0.2) is 23.4 Å². The summed E-state index contributed by atoms with van der Waals surface area (Å²) in [7, 11) is 0. The van der Waals surface area contributed by atoms with E-state index < -0.39 is 32.7 Å². The van der Waals surface area contributed by atoms with E-state index in [-0.39, 0.29) is 12.0 Å². The van der Waals surface area contributed by atoms with E-state index >= 15 is 0 Å². The van der Waals surface area contributed by atoms with E-state index in [1.165, 1.54) is 6.08 Å². The average Bonchev–Trinajstić information content (AvgIpc) is 2.70. The molecule has 0 radical (unpaired) electrons. The Morgan fingerprint density at radius 3 is 2.45 bits per heavy atom. The van der Waals surface area contributed by atoms with Crippen LogP contribution < -0.4 is 0 Å². The summed E-state index contributed by atoms with van der Waals surface area (Å²) < 4.78 is 9.49. The molecule has 2 unspecified atom stereocenters. The maximum atomic E-state index is 12.6. The lowest BCUT2D eigenvalue weighted by atomic mass is 9.89. The Labute approximate surface area is 180 Å². The second kappa shape index (κ2) is 10.6. The number of carbonyl (C=O) groups excluding carboxylic acids is 2. The van der Waals surface area contributed by atoms with Crippen molar-refractivity contribution in [3.05, 3.63) is 33.5 Å². The van der Waals surface area contributed by atoms with Crippen molar-refractivity contribution in [2.24, 2.45) is 5.92 Å². The highest BCUT2D eigenvalue weighted by Gasteiger charge is 2.60. The minimum Gasteiger partial charge on any atom is -0.389 e. The van der Waals surface area contributed by atoms with Crippen LogP contribution in [-0.2, 0) is 18.5 Å². The Balaban J connectivity index is 2.36. The number of allylic oxidation sites excluding steroid dienone is 2. The van der Waals surface area contributed by atoms with Crippen LogP contribution in [0.2, 0.25) is 0 Å². The molecule has 2 aliphatic carbocycles. The molecule has 2 atom stereocenters. The molecular formula is C20H28ClNO6S. The number of nitrogens with zero attached hydrogens (tertiary/aromatic N) is 1. The second-order valence-electron chi connectivity index (χ2n) is 7.52. The number of ether oxygens (including phenoxy) is 1. The number of carbonyl (C=O) groups is 2. The molecule has 0 amide bonds. The molecule has 0 spiro atoms. The predicted molar refractivity (Wildman–Crippen MR) is 112 cm³/mol. The Hall–Kier alpha value is -1.38. The Morgan fingerprint density at radius 2 is 1.93 bits per heavy atom. The summed E-state index contributed by atoms with van der Waals surface area (Å²) in [4.78, 5) is 36.3. The molecule has 2 aliphatic rings. The van der Waals surface area contributed by atoms with Crippen molar-refractivity contribution in [1.82, 2.24) is 0 Å². The second-order valence-corrected chi connectivity index (χ2v) is 8.84. The summed E-state index contributed by atoms with van der Waals surface area (Å²) in [5.41, 5.74) is 0.148. The van der Waals surface area contributed by atoms with E-state index in [0.29, 0.717) is 43.3 Å². The summed E-state index contributed by atoms with van der Waals surface area (Å²) in [6.45, 7) is 5.55. The summed E-state index contributed by atoms with van der Waals surface area (Å²) in [6, 6.07) is 0. The Morgan fingerprint density at radius 1 is 1.31 bits per heavy atom. The van der Waals surface area contributed by atoms with Crippen molar-refractivity contribution in [3.8, 4) is 0 Å². The molecule has 0 bridgehead atoms. The van der Waals surface area contributed by atoms with Gasteiger partial charge in [0.1, 0.15) is 6.10 Å². The normalized spacial score (nSPS) is 25.3. The topological polar surface area (TPSA) is 95.7 Å². The maximum Gasteiger partial charge on any atom is 0.321 e. The molecule has 162 valence electrons. The van der Waals surface area contributed by atoms with Gasteiger partial charge >= 0.3 is 5.97 Å². The zero-order valence-electron chi connectivity index (χ0n) is 17.0. The summed E-state index contributed by atoms with van der Waals surface area (Å²) >= 11 is 6.38. The van der Waals surface area contributed by atoms with Crippen molar-refractivity contribution in [2.45, 2.75) is 82.7 Å². The van der Waals surface area contributed by atoms with Crippen LogP contribution in [-0.4, -0.2) is 33.1 Å². The quantitative estimate of drug-likeness (QED) is 0.214. The van der Waals surface area contributed by atoms with Gasteiger partial charge in [0.15, 0.2) is 0 Å².